The summed E-state index contributed by atoms with van der Waals surface area (Å²) in [6, 6.07) is 8.10. The second kappa shape index (κ2) is 5.42. The molecular formula is C13H12BrClOS. The Morgan fingerprint density at radius 1 is 1.29 bits per heavy atom. The molecule has 0 radical (unpaired) electrons. The molecule has 2 aromatic rings. The van der Waals surface area contributed by atoms with Gasteiger partial charge in [-0.15, -0.1) is 22.9 Å². The molecule has 0 aliphatic heterocycles. The molecule has 0 saturated carbocycles. The molecule has 2 rings (SSSR count). The second-order valence-electron chi connectivity index (χ2n) is 3.78. The number of aryl methyl sites for hydroxylation is 1. The van der Waals surface area contributed by atoms with Crippen molar-refractivity contribution in [2.75, 3.05) is 7.11 Å². The van der Waals surface area contributed by atoms with E-state index in [0.29, 0.717) is 0 Å². The van der Waals surface area contributed by atoms with Crippen LogP contribution in [0.5, 0.6) is 5.75 Å². The van der Waals surface area contributed by atoms with Crippen LogP contribution in [-0.4, -0.2) is 7.11 Å². The van der Waals surface area contributed by atoms with Gasteiger partial charge in [0.15, 0.2) is 0 Å². The van der Waals surface area contributed by atoms with Crippen molar-refractivity contribution in [3.8, 4) is 5.75 Å². The smallest absolute Gasteiger partial charge is 0.121 e. The summed E-state index contributed by atoms with van der Waals surface area (Å²) >= 11 is 11.6. The Hall–Kier alpha value is -0.510. The van der Waals surface area contributed by atoms with Gasteiger partial charge in [0.25, 0.3) is 0 Å². The van der Waals surface area contributed by atoms with Crippen molar-refractivity contribution in [2.24, 2.45) is 0 Å². The summed E-state index contributed by atoms with van der Waals surface area (Å²) in [6.45, 7) is 2.02. The van der Waals surface area contributed by atoms with Crippen LogP contribution in [-0.2, 0) is 0 Å². The standard InChI is InChI=1S/C13H12BrClOS/c1-8-5-9(3-4-11(8)16-2)13(15)10-6-12(14)17-7-10/h3-7,13H,1-2H3. The van der Waals surface area contributed by atoms with E-state index in [9.17, 15) is 0 Å². The fourth-order valence-corrected chi connectivity index (χ4v) is 3.25. The van der Waals surface area contributed by atoms with Gasteiger partial charge in [0.05, 0.1) is 16.3 Å². The molecule has 0 saturated heterocycles. The lowest BCUT2D eigenvalue weighted by Crippen LogP contribution is -1.94. The number of thiophene rings is 1. The predicted molar refractivity (Wildman–Crippen MR) is 77.4 cm³/mol. The highest BCUT2D eigenvalue weighted by atomic mass is 79.9. The zero-order valence-electron chi connectivity index (χ0n) is 9.54. The lowest BCUT2D eigenvalue weighted by Gasteiger charge is -2.11. The molecule has 0 N–H and O–H groups in total. The number of hydrogen-bond acceptors (Lipinski definition) is 2. The molecule has 0 bridgehead atoms. The maximum absolute atomic E-state index is 6.46. The van der Waals surface area contributed by atoms with Gasteiger partial charge in [-0.25, -0.2) is 0 Å². The van der Waals surface area contributed by atoms with E-state index in [1.54, 1.807) is 18.4 Å². The molecule has 0 spiro atoms. The van der Waals surface area contributed by atoms with E-state index in [2.05, 4.69) is 33.4 Å². The Labute approximate surface area is 119 Å². The second-order valence-corrected chi connectivity index (χ2v) is 6.50. The summed E-state index contributed by atoms with van der Waals surface area (Å²) in [6.07, 6.45) is 0. The van der Waals surface area contributed by atoms with Gasteiger partial charge >= 0.3 is 0 Å². The van der Waals surface area contributed by atoms with Crippen LogP contribution in [0, 0.1) is 6.92 Å². The van der Waals surface area contributed by atoms with E-state index in [1.807, 2.05) is 19.1 Å². The van der Waals surface area contributed by atoms with E-state index < -0.39 is 0 Å². The zero-order chi connectivity index (χ0) is 12.4. The molecular weight excluding hydrogens is 320 g/mol. The van der Waals surface area contributed by atoms with E-state index in [-0.39, 0.29) is 5.38 Å². The highest BCUT2D eigenvalue weighted by molar-refractivity contribution is 9.11. The lowest BCUT2D eigenvalue weighted by molar-refractivity contribution is 0.411. The van der Waals surface area contributed by atoms with Gasteiger partial charge in [-0.2, -0.15) is 0 Å². The molecule has 0 aliphatic rings. The average Bonchev–Trinajstić information content (AvgIpc) is 2.75. The van der Waals surface area contributed by atoms with Crippen LogP contribution >= 0.6 is 38.9 Å². The minimum atomic E-state index is -0.109. The van der Waals surface area contributed by atoms with Gasteiger partial charge in [-0.05, 0) is 57.1 Å². The third kappa shape index (κ3) is 2.84. The first-order valence-electron chi connectivity index (χ1n) is 5.14. The van der Waals surface area contributed by atoms with Gasteiger partial charge in [-0.1, -0.05) is 12.1 Å². The first kappa shape index (κ1) is 12.9. The highest BCUT2D eigenvalue weighted by Gasteiger charge is 2.13. The summed E-state index contributed by atoms with van der Waals surface area (Å²) in [5, 5.41) is 1.96. The SMILES string of the molecule is COc1ccc(C(Cl)c2csc(Br)c2)cc1C. The van der Waals surface area contributed by atoms with Crippen LogP contribution in [0.2, 0.25) is 0 Å². The van der Waals surface area contributed by atoms with Gasteiger partial charge in [0, 0.05) is 0 Å². The van der Waals surface area contributed by atoms with Crippen molar-refractivity contribution < 1.29 is 4.74 Å². The van der Waals surface area contributed by atoms with Crippen molar-refractivity contribution in [3.05, 3.63) is 50.1 Å². The molecule has 1 aromatic heterocycles. The molecule has 4 heteroatoms. The Morgan fingerprint density at radius 2 is 2.06 bits per heavy atom. The fourth-order valence-electron chi connectivity index (χ4n) is 1.71. The Balaban J connectivity index is 2.31. The van der Waals surface area contributed by atoms with Crippen LogP contribution in [0.4, 0.5) is 0 Å². The zero-order valence-corrected chi connectivity index (χ0v) is 12.7. The summed E-state index contributed by atoms with van der Waals surface area (Å²) in [7, 11) is 1.68. The average molecular weight is 332 g/mol. The first-order chi connectivity index (χ1) is 8.11. The van der Waals surface area contributed by atoms with E-state index in [4.69, 9.17) is 16.3 Å². The highest BCUT2D eigenvalue weighted by Crippen LogP contribution is 2.35. The minimum Gasteiger partial charge on any atom is -0.496 e. The normalized spacial score (nSPS) is 12.5. The molecule has 1 aromatic carbocycles. The molecule has 90 valence electrons. The van der Waals surface area contributed by atoms with Crippen molar-refractivity contribution in [2.45, 2.75) is 12.3 Å². The molecule has 1 atom stereocenters. The van der Waals surface area contributed by atoms with Crippen LogP contribution in [0.3, 0.4) is 0 Å². The fraction of sp³-hybridized carbons (Fsp3) is 0.231. The van der Waals surface area contributed by atoms with Gasteiger partial charge in [0.2, 0.25) is 0 Å². The van der Waals surface area contributed by atoms with Crippen LogP contribution < -0.4 is 4.74 Å². The molecule has 0 amide bonds. The van der Waals surface area contributed by atoms with Gasteiger partial charge in [0.1, 0.15) is 5.75 Å². The number of ether oxygens (including phenoxy) is 1. The Bertz CT molecular complexity index is 524. The number of hydrogen-bond donors (Lipinski definition) is 0. The van der Waals surface area contributed by atoms with E-state index in [1.165, 1.54) is 0 Å². The van der Waals surface area contributed by atoms with Crippen molar-refractivity contribution in [3.63, 3.8) is 0 Å². The number of rotatable bonds is 3. The van der Waals surface area contributed by atoms with E-state index >= 15 is 0 Å². The molecule has 1 nitrogen and oxygen atoms in total. The Kier molecular flexibility index (Phi) is 4.13. The van der Waals surface area contributed by atoms with E-state index in [0.717, 1.165) is 26.2 Å². The maximum Gasteiger partial charge on any atom is 0.121 e. The first-order valence-corrected chi connectivity index (χ1v) is 7.25. The number of methoxy groups -OCH3 is 1. The number of halogens is 2. The molecule has 1 unspecified atom stereocenters. The third-order valence-electron chi connectivity index (χ3n) is 2.59. The molecule has 17 heavy (non-hydrogen) atoms. The largest absolute Gasteiger partial charge is 0.496 e. The number of alkyl halides is 1. The van der Waals surface area contributed by atoms with Crippen LogP contribution in [0.1, 0.15) is 22.1 Å². The summed E-state index contributed by atoms with van der Waals surface area (Å²) < 4.78 is 6.34. The predicted octanol–water partition coefficient (Wildman–Crippen LogP) is 5.16. The minimum absolute atomic E-state index is 0.109. The summed E-state index contributed by atoms with van der Waals surface area (Å²) in [5.41, 5.74) is 3.31. The summed E-state index contributed by atoms with van der Waals surface area (Å²) in [5.74, 6) is 0.893. The lowest BCUT2D eigenvalue weighted by atomic mass is 10.0. The van der Waals surface area contributed by atoms with Crippen molar-refractivity contribution in [1.82, 2.24) is 0 Å². The third-order valence-corrected chi connectivity index (χ3v) is 4.62. The Morgan fingerprint density at radius 3 is 2.59 bits per heavy atom. The van der Waals surface area contributed by atoms with Crippen molar-refractivity contribution in [1.29, 1.82) is 0 Å². The van der Waals surface area contributed by atoms with Crippen LogP contribution in [0.15, 0.2) is 33.4 Å². The van der Waals surface area contributed by atoms with Gasteiger partial charge < -0.3 is 4.74 Å². The molecule has 1 heterocycles. The topological polar surface area (TPSA) is 9.23 Å². The molecule has 0 aliphatic carbocycles. The monoisotopic (exact) mass is 330 g/mol. The van der Waals surface area contributed by atoms with Gasteiger partial charge in [-0.3, -0.25) is 0 Å². The molecule has 0 fully saturated rings. The summed E-state index contributed by atoms with van der Waals surface area (Å²) in [4.78, 5) is 0. The number of benzene rings is 1. The maximum atomic E-state index is 6.46. The van der Waals surface area contributed by atoms with Crippen molar-refractivity contribution >= 4 is 38.9 Å². The van der Waals surface area contributed by atoms with Crippen LogP contribution in [0.25, 0.3) is 0 Å². The quantitative estimate of drug-likeness (QED) is 0.706.